The lowest BCUT2D eigenvalue weighted by Gasteiger charge is -2.15. The van der Waals surface area contributed by atoms with E-state index in [-0.39, 0.29) is 11.7 Å². The summed E-state index contributed by atoms with van der Waals surface area (Å²) in [6.07, 6.45) is 2.46. The number of nitrogens with one attached hydrogen (secondary N) is 1. The Morgan fingerprint density at radius 2 is 1.92 bits per heavy atom. The zero-order valence-corrected chi connectivity index (χ0v) is 16.1. The van der Waals surface area contributed by atoms with E-state index in [4.69, 9.17) is 4.74 Å². The minimum absolute atomic E-state index is 0.0299. The van der Waals surface area contributed by atoms with Crippen LogP contribution in [0.1, 0.15) is 25.8 Å². The van der Waals surface area contributed by atoms with Gasteiger partial charge in [-0.2, -0.15) is 0 Å². The number of amides is 2. The van der Waals surface area contributed by atoms with Crippen LogP contribution in [0.5, 0.6) is 5.75 Å². The molecular formula is C20H19BrN2O3. The lowest BCUT2D eigenvalue weighted by Crippen LogP contribution is -2.35. The van der Waals surface area contributed by atoms with E-state index in [1.165, 1.54) is 5.01 Å². The zero-order chi connectivity index (χ0) is 18.7. The quantitative estimate of drug-likeness (QED) is 0.591. The first kappa shape index (κ1) is 18.2. The molecular weight excluding hydrogens is 396 g/mol. The van der Waals surface area contributed by atoms with Crippen LogP contribution >= 0.6 is 15.9 Å². The van der Waals surface area contributed by atoms with Crippen molar-refractivity contribution in [2.24, 2.45) is 0 Å². The lowest BCUT2D eigenvalue weighted by molar-refractivity contribution is -0.117. The van der Waals surface area contributed by atoms with Crippen molar-refractivity contribution in [1.29, 1.82) is 0 Å². The molecule has 1 aliphatic heterocycles. The molecule has 0 aromatic heterocycles. The second-order valence-electron chi connectivity index (χ2n) is 5.99. The average Bonchev–Trinajstić information content (AvgIpc) is 2.92. The number of carbonyl (C=O) groups is 2. The molecule has 3 rings (SSSR count). The predicted molar refractivity (Wildman–Crippen MR) is 105 cm³/mol. The van der Waals surface area contributed by atoms with E-state index in [1.807, 2.05) is 50.2 Å². The molecule has 2 amide bonds. The third-order valence-electron chi connectivity index (χ3n) is 4.08. The number of benzene rings is 2. The number of para-hydroxylation sites is 1. The molecule has 0 radical (unpaired) electrons. The summed E-state index contributed by atoms with van der Waals surface area (Å²) in [5.41, 5.74) is 3.96. The van der Waals surface area contributed by atoms with E-state index in [2.05, 4.69) is 21.4 Å². The van der Waals surface area contributed by atoms with E-state index in [0.717, 1.165) is 10.9 Å². The Kier molecular flexibility index (Phi) is 5.42. The van der Waals surface area contributed by atoms with Gasteiger partial charge in [0.1, 0.15) is 11.3 Å². The van der Waals surface area contributed by atoms with E-state index in [1.54, 1.807) is 18.2 Å². The maximum absolute atomic E-state index is 12.7. The summed E-state index contributed by atoms with van der Waals surface area (Å²) in [7, 11) is 0. The van der Waals surface area contributed by atoms with Gasteiger partial charge in [-0.25, -0.2) is 5.01 Å². The minimum atomic E-state index is -0.437. The molecule has 0 spiro atoms. The van der Waals surface area contributed by atoms with E-state index in [9.17, 15) is 9.59 Å². The van der Waals surface area contributed by atoms with Gasteiger partial charge in [-0.3, -0.25) is 15.0 Å². The van der Waals surface area contributed by atoms with Gasteiger partial charge in [0.25, 0.3) is 11.8 Å². The predicted octanol–water partition coefficient (Wildman–Crippen LogP) is 4.09. The molecule has 5 nitrogen and oxygen atoms in total. The van der Waals surface area contributed by atoms with Crippen LogP contribution in [0.3, 0.4) is 0 Å². The number of ether oxygens (including phenoxy) is 1. The van der Waals surface area contributed by atoms with Crippen LogP contribution in [0.4, 0.5) is 5.69 Å². The number of hydrazine groups is 1. The fourth-order valence-electron chi connectivity index (χ4n) is 2.51. The fourth-order valence-corrected chi connectivity index (χ4v) is 2.89. The molecule has 1 saturated heterocycles. The van der Waals surface area contributed by atoms with Gasteiger partial charge in [0.15, 0.2) is 0 Å². The van der Waals surface area contributed by atoms with Gasteiger partial charge >= 0.3 is 0 Å². The number of hydrogen-bond acceptors (Lipinski definition) is 3. The molecule has 1 atom stereocenters. The molecule has 1 N–H and O–H groups in total. The van der Waals surface area contributed by atoms with Crippen LogP contribution in [0.15, 0.2) is 58.6 Å². The van der Waals surface area contributed by atoms with Crippen LogP contribution in [0.2, 0.25) is 0 Å². The van der Waals surface area contributed by atoms with Crippen molar-refractivity contribution in [2.75, 3.05) is 5.01 Å². The van der Waals surface area contributed by atoms with Gasteiger partial charge < -0.3 is 4.74 Å². The Labute approximate surface area is 160 Å². The SMILES string of the molecule is CC[C@H](C)Oc1ccc(Br)cc1/C=C1/C(=O)NN(c2ccccc2)C1=O. The highest BCUT2D eigenvalue weighted by molar-refractivity contribution is 9.10. The highest BCUT2D eigenvalue weighted by Gasteiger charge is 2.34. The molecule has 6 heteroatoms. The van der Waals surface area contributed by atoms with Crippen LogP contribution in [-0.4, -0.2) is 17.9 Å². The summed E-state index contributed by atoms with van der Waals surface area (Å²) in [5, 5.41) is 1.25. The van der Waals surface area contributed by atoms with Gasteiger partial charge in [0.2, 0.25) is 0 Å². The molecule has 26 heavy (non-hydrogen) atoms. The van der Waals surface area contributed by atoms with Gasteiger partial charge in [0.05, 0.1) is 11.8 Å². The van der Waals surface area contributed by atoms with Crippen molar-refractivity contribution in [2.45, 2.75) is 26.4 Å². The standard InChI is InChI=1S/C20H19BrN2O3/c1-3-13(2)26-18-10-9-15(21)11-14(18)12-17-19(24)22-23(20(17)25)16-7-5-4-6-8-16/h4-13H,3H2,1-2H3,(H,22,24)/b17-12-/t13-/m0/s1. The zero-order valence-electron chi connectivity index (χ0n) is 14.5. The van der Waals surface area contributed by atoms with Crippen LogP contribution in [0.25, 0.3) is 6.08 Å². The second-order valence-corrected chi connectivity index (χ2v) is 6.91. The van der Waals surface area contributed by atoms with Crippen molar-refractivity contribution < 1.29 is 14.3 Å². The molecule has 1 heterocycles. The highest BCUT2D eigenvalue weighted by Crippen LogP contribution is 2.29. The number of rotatable bonds is 5. The smallest absolute Gasteiger partial charge is 0.282 e. The summed E-state index contributed by atoms with van der Waals surface area (Å²) in [6, 6.07) is 14.5. The number of nitrogens with zero attached hydrogens (tertiary/aromatic N) is 1. The second kappa shape index (κ2) is 7.74. The first-order valence-corrected chi connectivity index (χ1v) is 9.17. The number of hydrogen-bond donors (Lipinski definition) is 1. The molecule has 0 unspecified atom stereocenters. The third kappa shape index (κ3) is 3.80. The highest BCUT2D eigenvalue weighted by atomic mass is 79.9. The molecule has 0 saturated carbocycles. The first-order chi connectivity index (χ1) is 12.5. The molecule has 134 valence electrons. The largest absolute Gasteiger partial charge is 0.490 e. The Morgan fingerprint density at radius 1 is 1.19 bits per heavy atom. The molecule has 1 aliphatic rings. The summed E-state index contributed by atoms with van der Waals surface area (Å²) in [6.45, 7) is 4.01. The maximum Gasteiger partial charge on any atom is 0.282 e. The topological polar surface area (TPSA) is 58.6 Å². The van der Waals surface area contributed by atoms with E-state index in [0.29, 0.717) is 17.0 Å². The maximum atomic E-state index is 12.7. The Morgan fingerprint density at radius 3 is 2.62 bits per heavy atom. The molecule has 0 bridgehead atoms. The first-order valence-electron chi connectivity index (χ1n) is 8.38. The number of carbonyl (C=O) groups excluding carboxylic acids is 2. The van der Waals surface area contributed by atoms with Crippen molar-refractivity contribution in [1.82, 2.24) is 5.43 Å². The summed E-state index contributed by atoms with van der Waals surface area (Å²) in [4.78, 5) is 25.1. The lowest BCUT2D eigenvalue weighted by atomic mass is 10.1. The Bertz CT molecular complexity index is 865. The minimum Gasteiger partial charge on any atom is -0.490 e. The van der Waals surface area contributed by atoms with Crippen LogP contribution in [-0.2, 0) is 9.59 Å². The molecule has 1 fully saturated rings. The van der Waals surface area contributed by atoms with Crippen LogP contribution < -0.4 is 15.2 Å². The summed E-state index contributed by atoms with van der Waals surface area (Å²) < 4.78 is 6.76. The van der Waals surface area contributed by atoms with Crippen molar-refractivity contribution in [3.63, 3.8) is 0 Å². The molecule has 2 aromatic carbocycles. The third-order valence-corrected chi connectivity index (χ3v) is 4.57. The van der Waals surface area contributed by atoms with Crippen molar-refractivity contribution in [3.05, 3.63) is 64.1 Å². The van der Waals surface area contributed by atoms with Crippen molar-refractivity contribution in [3.8, 4) is 5.75 Å². The number of anilines is 1. The van der Waals surface area contributed by atoms with E-state index < -0.39 is 11.8 Å². The fraction of sp³-hybridized carbons (Fsp3) is 0.200. The van der Waals surface area contributed by atoms with Gasteiger partial charge in [-0.15, -0.1) is 0 Å². The van der Waals surface area contributed by atoms with Crippen LogP contribution in [0, 0.1) is 0 Å². The van der Waals surface area contributed by atoms with Gasteiger partial charge in [-0.1, -0.05) is 41.1 Å². The summed E-state index contributed by atoms with van der Waals surface area (Å²) >= 11 is 3.43. The molecule has 0 aliphatic carbocycles. The van der Waals surface area contributed by atoms with Gasteiger partial charge in [-0.05, 0) is 49.8 Å². The molecule has 2 aromatic rings. The van der Waals surface area contributed by atoms with Gasteiger partial charge in [0, 0.05) is 10.0 Å². The van der Waals surface area contributed by atoms with Crippen molar-refractivity contribution >= 4 is 39.5 Å². The number of halogens is 1. The summed E-state index contributed by atoms with van der Waals surface area (Å²) in [5.74, 6) is -0.196. The Hall–Kier alpha value is -2.60. The normalized spacial score (nSPS) is 16.7. The Balaban J connectivity index is 1.96. The monoisotopic (exact) mass is 414 g/mol. The average molecular weight is 415 g/mol. The van der Waals surface area contributed by atoms with E-state index >= 15 is 0 Å².